The van der Waals surface area contributed by atoms with E-state index in [4.69, 9.17) is 4.42 Å². The summed E-state index contributed by atoms with van der Waals surface area (Å²) in [5, 5.41) is 3.11. The molecule has 25 heavy (non-hydrogen) atoms. The summed E-state index contributed by atoms with van der Waals surface area (Å²) in [6.45, 7) is 9.43. The van der Waals surface area contributed by atoms with Gasteiger partial charge in [0.2, 0.25) is 5.91 Å². The molecule has 1 aromatic carbocycles. The molecule has 0 unspecified atom stereocenters. The minimum Gasteiger partial charge on any atom is -0.469 e. The van der Waals surface area contributed by atoms with Crippen molar-refractivity contribution in [3.05, 3.63) is 60.1 Å². The molecule has 0 saturated carbocycles. The van der Waals surface area contributed by atoms with Crippen LogP contribution >= 0.6 is 0 Å². The topological polar surface area (TPSA) is 42.2 Å². The fourth-order valence-corrected chi connectivity index (χ4v) is 3.28. The number of nitrogens with one attached hydrogen (secondary N) is 1. The largest absolute Gasteiger partial charge is 0.469 e. The lowest BCUT2D eigenvalue weighted by molar-refractivity contribution is -0.121. The molecule has 0 aliphatic heterocycles. The highest BCUT2D eigenvalue weighted by Gasteiger charge is 2.25. The first-order chi connectivity index (χ1) is 12.0. The molecular weight excluding hydrogens is 310 g/mol. The van der Waals surface area contributed by atoms with Crippen molar-refractivity contribution in [2.24, 2.45) is 5.92 Å². The van der Waals surface area contributed by atoms with Crippen molar-refractivity contribution in [3.63, 3.8) is 0 Å². The molecule has 136 valence electrons. The molecule has 0 spiro atoms. The van der Waals surface area contributed by atoms with Crippen LogP contribution in [0, 0.1) is 5.92 Å². The van der Waals surface area contributed by atoms with Gasteiger partial charge in [0, 0.05) is 18.9 Å². The Morgan fingerprint density at radius 1 is 1.16 bits per heavy atom. The number of carbonyl (C=O) groups is 1. The Kier molecular flexibility index (Phi) is 6.86. The fraction of sp³-hybridized carbons (Fsp3) is 0.500. The number of amides is 1. The molecule has 1 N–H and O–H groups in total. The van der Waals surface area contributed by atoms with E-state index in [1.807, 2.05) is 18.2 Å². The zero-order chi connectivity index (χ0) is 18.3. The van der Waals surface area contributed by atoms with Gasteiger partial charge < -0.3 is 9.73 Å². The second-order valence-electron chi connectivity index (χ2n) is 7.45. The van der Waals surface area contributed by atoms with Crippen molar-refractivity contribution in [2.75, 3.05) is 6.54 Å². The van der Waals surface area contributed by atoms with Gasteiger partial charge >= 0.3 is 0 Å². The fourth-order valence-electron chi connectivity index (χ4n) is 3.28. The third-order valence-electron chi connectivity index (χ3n) is 5.37. The maximum atomic E-state index is 12.4. The number of hydrogen-bond acceptors (Lipinski definition) is 2. The van der Waals surface area contributed by atoms with E-state index in [-0.39, 0.29) is 17.2 Å². The molecule has 0 fully saturated rings. The minimum absolute atomic E-state index is 0.0903. The van der Waals surface area contributed by atoms with E-state index in [1.165, 1.54) is 5.56 Å². The highest BCUT2D eigenvalue weighted by atomic mass is 16.3. The number of rotatable bonds is 9. The van der Waals surface area contributed by atoms with Gasteiger partial charge in [-0.15, -0.1) is 0 Å². The average molecular weight is 341 g/mol. The summed E-state index contributed by atoms with van der Waals surface area (Å²) in [5.74, 6) is 1.48. The minimum atomic E-state index is 0.0903. The number of furan rings is 1. The summed E-state index contributed by atoms with van der Waals surface area (Å²) >= 11 is 0. The average Bonchev–Trinajstić information content (AvgIpc) is 3.14. The zero-order valence-corrected chi connectivity index (χ0v) is 15.9. The van der Waals surface area contributed by atoms with E-state index in [1.54, 1.807) is 6.26 Å². The SMILES string of the molecule is CC[C@](C)(CCNC(=O)C[C@H](c1ccco1)C(C)C)c1ccccc1. The molecule has 2 atom stereocenters. The van der Waals surface area contributed by atoms with Crippen LogP contribution in [0.4, 0.5) is 0 Å². The smallest absolute Gasteiger partial charge is 0.220 e. The third kappa shape index (κ3) is 5.22. The first-order valence-corrected chi connectivity index (χ1v) is 9.32. The van der Waals surface area contributed by atoms with Crippen LogP contribution in [-0.2, 0) is 10.2 Å². The molecule has 2 rings (SSSR count). The van der Waals surface area contributed by atoms with E-state index in [0.29, 0.717) is 18.9 Å². The van der Waals surface area contributed by atoms with E-state index in [2.05, 4.69) is 57.3 Å². The summed E-state index contributed by atoms with van der Waals surface area (Å²) < 4.78 is 5.51. The molecule has 0 saturated heterocycles. The zero-order valence-electron chi connectivity index (χ0n) is 15.9. The Labute approximate surface area is 151 Å². The quantitative estimate of drug-likeness (QED) is 0.674. The van der Waals surface area contributed by atoms with Gasteiger partial charge in [0.05, 0.1) is 6.26 Å². The van der Waals surface area contributed by atoms with E-state index in [0.717, 1.165) is 18.6 Å². The Bertz CT molecular complexity index is 633. The summed E-state index contributed by atoms with van der Waals surface area (Å²) in [7, 11) is 0. The van der Waals surface area contributed by atoms with Gasteiger partial charge in [-0.3, -0.25) is 4.79 Å². The highest BCUT2D eigenvalue weighted by molar-refractivity contribution is 5.76. The lowest BCUT2D eigenvalue weighted by atomic mass is 9.77. The van der Waals surface area contributed by atoms with Crippen molar-refractivity contribution in [3.8, 4) is 0 Å². The van der Waals surface area contributed by atoms with Crippen LogP contribution in [0.3, 0.4) is 0 Å². The molecule has 0 aliphatic carbocycles. The van der Waals surface area contributed by atoms with Crippen molar-refractivity contribution in [1.29, 1.82) is 0 Å². The maximum Gasteiger partial charge on any atom is 0.220 e. The van der Waals surface area contributed by atoms with Gasteiger partial charge in [-0.25, -0.2) is 0 Å². The normalized spacial score (nSPS) is 14.9. The molecule has 0 bridgehead atoms. The van der Waals surface area contributed by atoms with Crippen LogP contribution in [0.15, 0.2) is 53.1 Å². The molecular formula is C22H31NO2. The Morgan fingerprint density at radius 2 is 1.88 bits per heavy atom. The van der Waals surface area contributed by atoms with Gasteiger partial charge in [-0.1, -0.05) is 58.0 Å². The predicted octanol–water partition coefficient (Wildman–Crippen LogP) is 5.28. The van der Waals surface area contributed by atoms with Crippen molar-refractivity contribution in [1.82, 2.24) is 5.32 Å². The van der Waals surface area contributed by atoms with Gasteiger partial charge in [-0.05, 0) is 41.9 Å². The van der Waals surface area contributed by atoms with E-state index < -0.39 is 0 Å². The highest BCUT2D eigenvalue weighted by Crippen LogP contribution is 2.31. The first kappa shape index (κ1) is 19.3. The van der Waals surface area contributed by atoms with Crippen LogP contribution in [0.25, 0.3) is 0 Å². The number of benzene rings is 1. The summed E-state index contributed by atoms with van der Waals surface area (Å²) in [5.41, 5.74) is 1.43. The molecule has 1 heterocycles. The van der Waals surface area contributed by atoms with Gasteiger partial charge in [0.25, 0.3) is 0 Å². The summed E-state index contributed by atoms with van der Waals surface area (Å²) in [4.78, 5) is 12.4. The molecule has 1 aromatic heterocycles. The molecule has 3 heteroatoms. The second kappa shape index (κ2) is 8.89. The lowest BCUT2D eigenvalue weighted by Crippen LogP contribution is -2.32. The molecule has 0 aliphatic rings. The Morgan fingerprint density at radius 3 is 2.44 bits per heavy atom. The van der Waals surface area contributed by atoms with Gasteiger partial charge in [-0.2, -0.15) is 0 Å². The number of carbonyl (C=O) groups excluding carboxylic acids is 1. The van der Waals surface area contributed by atoms with Crippen LogP contribution < -0.4 is 5.32 Å². The van der Waals surface area contributed by atoms with Crippen molar-refractivity contribution >= 4 is 5.91 Å². The van der Waals surface area contributed by atoms with E-state index >= 15 is 0 Å². The standard InChI is InChI=1S/C22H31NO2/c1-5-22(4,18-10-7-6-8-11-18)13-14-23-21(24)16-19(17(2)3)20-12-9-15-25-20/h6-12,15,17,19H,5,13-14,16H2,1-4H3,(H,23,24)/t19-,22+/m0/s1. The summed E-state index contributed by atoms with van der Waals surface area (Å²) in [6, 6.07) is 14.4. The monoisotopic (exact) mass is 341 g/mol. The lowest BCUT2D eigenvalue weighted by Gasteiger charge is -2.29. The molecule has 3 nitrogen and oxygen atoms in total. The van der Waals surface area contributed by atoms with Crippen molar-refractivity contribution in [2.45, 2.75) is 58.3 Å². The van der Waals surface area contributed by atoms with Crippen molar-refractivity contribution < 1.29 is 9.21 Å². The predicted molar refractivity (Wildman–Crippen MR) is 103 cm³/mol. The van der Waals surface area contributed by atoms with Crippen LogP contribution in [0.2, 0.25) is 0 Å². The molecule has 2 aromatic rings. The van der Waals surface area contributed by atoms with Crippen LogP contribution in [-0.4, -0.2) is 12.5 Å². The maximum absolute atomic E-state index is 12.4. The van der Waals surface area contributed by atoms with Gasteiger partial charge in [0.1, 0.15) is 5.76 Å². The van der Waals surface area contributed by atoms with Crippen LogP contribution in [0.1, 0.15) is 64.2 Å². The van der Waals surface area contributed by atoms with Gasteiger partial charge in [0.15, 0.2) is 0 Å². The molecule has 0 radical (unpaired) electrons. The Hall–Kier alpha value is -2.03. The first-order valence-electron chi connectivity index (χ1n) is 9.32. The molecule has 1 amide bonds. The second-order valence-corrected chi connectivity index (χ2v) is 7.45. The third-order valence-corrected chi connectivity index (χ3v) is 5.37. The van der Waals surface area contributed by atoms with Crippen LogP contribution in [0.5, 0.6) is 0 Å². The summed E-state index contributed by atoms with van der Waals surface area (Å²) in [6.07, 6.45) is 4.13. The Balaban J connectivity index is 1.89. The number of hydrogen-bond donors (Lipinski definition) is 1. The van der Waals surface area contributed by atoms with E-state index in [9.17, 15) is 4.79 Å².